The average Bonchev–Trinajstić information content (AvgIpc) is 2.97. The van der Waals surface area contributed by atoms with Crippen LogP contribution < -0.4 is 10.1 Å². The first-order valence-electron chi connectivity index (χ1n) is 8.72. The summed E-state index contributed by atoms with van der Waals surface area (Å²) >= 11 is 5.85. The van der Waals surface area contributed by atoms with Crippen molar-refractivity contribution in [3.05, 3.63) is 41.7 Å². The molecule has 1 N–H and O–H groups in total. The second-order valence-electron chi connectivity index (χ2n) is 5.82. The summed E-state index contributed by atoms with van der Waals surface area (Å²) in [5, 5.41) is 2.82. The van der Waals surface area contributed by atoms with Gasteiger partial charge in [-0.3, -0.25) is 4.79 Å². The maximum Gasteiger partial charge on any atom is 0.573 e. The molecule has 1 aromatic heterocycles. The van der Waals surface area contributed by atoms with Crippen LogP contribution in [0.5, 0.6) is 5.75 Å². The zero-order valence-electron chi connectivity index (χ0n) is 15.4. The normalized spacial score (nSPS) is 16.1. The van der Waals surface area contributed by atoms with E-state index in [2.05, 4.69) is 10.1 Å². The molecule has 1 aliphatic rings. The molecule has 1 atom stereocenters. The number of hydrogen-bond donors (Lipinski definition) is 1. The SMILES string of the molecule is CC.Cc1c(-c2cccc(OC(F)(F)F)c2)cc2n1C(CCCl)CNC2=O. The standard InChI is InChI=1S/C17H16ClF3N2O2.C2H6/c1-10-14(11-3-2-4-13(7-11)25-17(19,20)21)8-15-16(24)22-9-12(5-6-18)23(10)15;1-2/h2-4,7-8,12H,5-6,9H2,1H3,(H,22,24);1-2H3. The molecule has 0 spiro atoms. The topological polar surface area (TPSA) is 43.3 Å². The molecule has 0 radical (unpaired) electrons. The Morgan fingerprint density at radius 3 is 2.63 bits per heavy atom. The van der Waals surface area contributed by atoms with E-state index >= 15 is 0 Å². The van der Waals surface area contributed by atoms with Gasteiger partial charge in [-0.15, -0.1) is 24.8 Å². The lowest BCUT2D eigenvalue weighted by Gasteiger charge is -2.27. The van der Waals surface area contributed by atoms with E-state index in [-0.39, 0.29) is 17.7 Å². The van der Waals surface area contributed by atoms with Crippen LogP contribution in [0.4, 0.5) is 13.2 Å². The number of halogens is 4. The zero-order valence-corrected chi connectivity index (χ0v) is 16.1. The summed E-state index contributed by atoms with van der Waals surface area (Å²) in [6.45, 7) is 6.32. The number of alkyl halides is 4. The summed E-state index contributed by atoms with van der Waals surface area (Å²) in [6, 6.07) is 7.45. The summed E-state index contributed by atoms with van der Waals surface area (Å²) in [5.74, 6) is -0.0554. The van der Waals surface area contributed by atoms with Gasteiger partial charge in [0.1, 0.15) is 11.4 Å². The van der Waals surface area contributed by atoms with Gasteiger partial charge in [-0.1, -0.05) is 26.0 Å². The lowest BCUT2D eigenvalue weighted by Crippen LogP contribution is -2.39. The van der Waals surface area contributed by atoms with Gasteiger partial charge in [-0.05, 0) is 37.1 Å². The molecular formula is C19H22ClF3N2O2. The molecule has 1 aliphatic heterocycles. The lowest BCUT2D eigenvalue weighted by atomic mass is 10.1. The summed E-state index contributed by atoms with van der Waals surface area (Å²) in [7, 11) is 0. The maximum atomic E-state index is 12.4. The first-order chi connectivity index (χ1) is 12.8. The Morgan fingerprint density at radius 2 is 2.00 bits per heavy atom. The molecule has 1 amide bonds. The molecule has 8 heteroatoms. The fraction of sp³-hybridized carbons (Fsp3) is 0.421. The number of nitrogens with zero attached hydrogens (tertiary/aromatic N) is 1. The van der Waals surface area contributed by atoms with Crippen LogP contribution in [0.3, 0.4) is 0 Å². The van der Waals surface area contributed by atoms with Crippen molar-refractivity contribution < 1.29 is 22.7 Å². The smallest absolute Gasteiger partial charge is 0.406 e. The molecule has 148 valence electrons. The first kappa shape index (κ1) is 21.2. The van der Waals surface area contributed by atoms with E-state index in [0.717, 1.165) is 5.69 Å². The van der Waals surface area contributed by atoms with Crippen molar-refractivity contribution in [1.82, 2.24) is 9.88 Å². The Morgan fingerprint density at radius 1 is 1.30 bits per heavy atom. The third kappa shape index (κ3) is 4.77. The summed E-state index contributed by atoms with van der Waals surface area (Å²) in [5.41, 5.74) is 2.54. The van der Waals surface area contributed by atoms with Crippen molar-refractivity contribution in [2.24, 2.45) is 0 Å². The highest BCUT2D eigenvalue weighted by Crippen LogP contribution is 2.34. The minimum absolute atomic E-state index is 0.0218. The number of rotatable bonds is 4. The highest BCUT2D eigenvalue weighted by molar-refractivity contribution is 6.17. The van der Waals surface area contributed by atoms with Gasteiger partial charge in [0.2, 0.25) is 0 Å². The highest BCUT2D eigenvalue weighted by Gasteiger charge is 2.32. The van der Waals surface area contributed by atoms with Crippen LogP contribution in [0.15, 0.2) is 30.3 Å². The number of ether oxygens (including phenoxy) is 1. The van der Waals surface area contributed by atoms with Crippen LogP contribution in [0.25, 0.3) is 11.1 Å². The van der Waals surface area contributed by atoms with Crippen LogP contribution in [0.1, 0.15) is 42.5 Å². The number of benzene rings is 1. The molecule has 2 heterocycles. The number of carbonyl (C=O) groups excluding carboxylic acids is 1. The van der Waals surface area contributed by atoms with E-state index in [0.29, 0.717) is 35.7 Å². The van der Waals surface area contributed by atoms with Gasteiger partial charge in [-0.25, -0.2) is 0 Å². The second-order valence-corrected chi connectivity index (χ2v) is 6.19. The Hall–Kier alpha value is -2.15. The molecule has 3 rings (SSSR count). The van der Waals surface area contributed by atoms with Crippen molar-refractivity contribution in [2.45, 2.75) is 39.6 Å². The number of amides is 1. The Labute approximate surface area is 161 Å². The minimum Gasteiger partial charge on any atom is -0.406 e. The number of carbonyl (C=O) groups is 1. The molecule has 27 heavy (non-hydrogen) atoms. The lowest BCUT2D eigenvalue weighted by molar-refractivity contribution is -0.274. The maximum absolute atomic E-state index is 12.4. The van der Waals surface area contributed by atoms with Crippen molar-refractivity contribution in [3.8, 4) is 16.9 Å². The minimum atomic E-state index is -4.75. The molecular weight excluding hydrogens is 381 g/mol. The quantitative estimate of drug-likeness (QED) is 0.705. The number of fused-ring (bicyclic) bond motifs is 1. The fourth-order valence-corrected chi connectivity index (χ4v) is 3.42. The van der Waals surface area contributed by atoms with Crippen LogP contribution in [-0.2, 0) is 0 Å². The Bertz CT molecular complexity index is 803. The monoisotopic (exact) mass is 402 g/mol. The van der Waals surface area contributed by atoms with Gasteiger partial charge >= 0.3 is 6.36 Å². The van der Waals surface area contributed by atoms with Crippen LogP contribution in [-0.4, -0.2) is 29.3 Å². The van der Waals surface area contributed by atoms with Gasteiger partial charge in [0.15, 0.2) is 0 Å². The number of aromatic nitrogens is 1. The molecule has 2 aromatic rings. The van der Waals surface area contributed by atoms with Crippen LogP contribution in [0.2, 0.25) is 0 Å². The van der Waals surface area contributed by atoms with Crippen molar-refractivity contribution in [3.63, 3.8) is 0 Å². The largest absolute Gasteiger partial charge is 0.573 e. The van der Waals surface area contributed by atoms with Gasteiger partial charge in [-0.2, -0.15) is 0 Å². The van der Waals surface area contributed by atoms with Crippen LogP contribution in [0, 0.1) is 6.92 Å². The van der Waals surface area contributed by atoms with Crippen LogP contribution >= 0.6 is 11.6 Å². The van der Waals surface area contributed by atoms with Gasteiger partial charge in [0.05, 0.1) is 6.04 Å². The van der Waals surface area contributed by atoms with Crippen molar-refractivity contribution in [1.29, 1.82) is 0 Å². The molecule has 4 nitrogen and oxygen atoms in total. The van der Waals surface area contributed by atoms with Gasteiger partial charge in [0.25, 0.3) is 5.91 Å². The molecule has 1 aromatic carbocycles. The third-order valence-electron chi connectivity index (χ3n) is 4.21. The van der Waals surface area contributed by atoms with E-state index < -0.39 is 6.36 Å². The van der Waals surface area contributed by atoms with E-state index in [9.17, 15) is 18.0 Å². The third-order valence-corrected chi connectivity index (χ3v) is 4.43. The predicted molar refractivity (Wildman–Crippen MR) is 99.3 cm³/mol. The second kappa shape index (κ2) is 8.69. The number of hydrogen-bond acceptors (Lipinski definition) is 2. The number of nitrogens with one attached hydrogen (secondary N) is 1. The zero-order chi connectivity index (χ0) is 20.2. The average molecular weight is 403 g/mol. The van der Waals surface area contributed by atoms with Crippen molar-refractivity contribution >= 4 is 17.5 Å². The molecule has 0 bridgehead atoms. The molecule has 0 saturated heterocycles. The van der Waals surface area contributed by atoms with E-state index in [4.69, 9.17) is 11.6 Å². The summed E-state index contributed by atoms with van der Waals surface area (Å²) in [6.07, 6.45) is -4.07. The van der Waals surface area contributed by atoms with Gasteiger partial charge in [0, 0.05) is 23.7 Å². The molecule has 0 fully saturated rings. The molecule has 0 saturated carbocycles. The first-order valence-corrected chi connectivity index (χ1v) is 9.26. The Kier molecular flexibility index (Phi) is 6.81. The van der Waals surface area contributed by atoms with Gasteiger partial charge < -0.3 is 14.6 Å². The summed E-state index contributed by atoms with van der Waals surface area (Å²) in [4.78, 5) is 12.1. The molecule has 0 aliphatic carbocycles. The molecule has 1 unspecified atom stereocenters. The van der Waals surface area contributed by atoms with E-state index in [1.165, 1.54) is 18.2 Å². The Balaban J connectivity index is 0.00000126. The summed E-state index contributed by atoms with van der Waals surface area (Å²) < 4.78 is 43.2. The van der Waals surface area contributed by atoms with E-state index in [1.807, 2.05) is 25.3 Å². The fourth-order valence-electron chi connectivity index (χ4n) is 3.17. The predicted octanol–water partition coefficient (Wildman–Crippen LogP) is 5.30. The van der Waals surface area contributed by atoms with Crippen molar-refractivity contribution in [2.75, 3.05) is 12.4 Å². The van der Waals surface area contributed by atoms with E-state index in [1.54, 1.807) is 12.1 Å². The highest BCUT2D eigenvalue weighted by atomic mass is 35.5.